The molecule has 0 bridgehead atoms. The molecule has 0 atom stereocenters. The summed E-state index contributed by atoms with van der Waals surface area (Å²) < 4.78 is 38.5. The lowest BCUT2D eigenvalue weighted by molar-refractivity contribution is -0.141. The molecule has 0 saturated heterocycles. The maximum Gasteiger partial charge on any atom is 0.433 e. The monoisotopic (exact) mass is 412 g/mol. The lowest BCUT2D eigenvalue weighted by Crippen LogP contribution is -2.36. The Bertz CT molecular complexity index is 884. The number of aliphatic imine (C=N–C) groups is 1. The van der Waals surface area contributed by atoms with Crippen molar-refractivity contribution < 1.29 is 23.1 Å². The molecule has 0 aliphatic heterocycles. The van der Waals surface area contributed by atoms with Crippen LogP contribution in [0.2, 0.25) is 0 Å². The standard InChI is InChI=1S/C18H19F3N4O2S/c1-17(2,27)10-8-11(22)14(23-6-7-28)9-13(10)25-16(26)12-4-3-5-15(24-12)18(19,20)21/h3-5,8-9,22,27-28H,6-7H2,1-2H3,(H,25,26). The molecule has 0 radical (unpaired) electrons. The summed E-state index contributed by atoms with van der Waals surface area (Å²) in [6.07, 6.45) is -1.93. The van der Waals surface area contributed by atoms with Gasteiger partial charge in [0.05, 0.1) is 17.0 Å². The van der Waals surface area contributed by atoms with E-state index < -0.39 is 29.1 Å². The van der Waals surface area contributed by atoms with Gasteiger partial charge in [-0.15, -0.1) is 0 Å². The second-order valence-corrected chi connectivity index (χ2v) is 6.89. The predicted molar refractivity (Wildman–Crippen MR) is 103 cm³/mol. The van der Waals surface area contributed by atoms with Gasteiger partial charge < -0.3 is 10.4 Å². The number of nitrogens with one attached hydrogen (secondary N) is 2. The van der Waals surface area contributed by atoms with Gasteiger partial charge in [-0.1, -0.05) is 6.07 Å². The topological polar surface area (TPSA) is 98.4 Å². The van der Waals surface area contributed by atoms with Crippen molar-refractivity contribution in [1.82, 2.24) is 10.3 Å². The highest BCUT2D eigenvalue weighted by Gasteiger charge is 2.33. The van der Waals surface area contributed by atoms with E-state index in [9.17, 15) is 23.1 Å². The number of amides is 1. The van der Waals surface area contributed by atoms with E-state index in [1.165, 1.54) is 26.0 Å². The minimum atomic E-state index is -4.68. The van der Waals surface area contributed by atoms with Gasteiger partial charge in [-0.3, -0.25) is 15.2 Å². The molecule has 0 spiro atoms. The number of hydrogen-bond donors (Lipinski definition) is 4. The zero-order valence-electron chi connectivity index (χ0n) is 15.1. The minimum Gasteiger partial charge on any atom is -0.386 e. The highest BCUT2D eigenvalue weighted by Crippen LogP contribution is 2.28. The Morgan fingerprint density at radius 2 is 2.00 bits per heavy atom. The van der Waals surface area contributed by atoms with Crippen molar-refractivity contribution in [3.05, 3.63) is 53.0 Å². The van der Waals surface area contributed by atoms with Crippen LogP contribution < -0.4 is 5.32 Å². The van der Waals surface area contributed by atoms with Gasteiger partial charge in [-0.25, -0.2) is 4.98 Å². The van der Waals surface area contributed by atoms with Crippen molar-refractivity contribution in [2.75, 3.05) is 12.3 Å². The number of allylic oxidation sites excluding steroid dienone is 2. The summed E-state index contributed by atoms with van der Waals surface area (Å²) >= 11 is 4.05. The summed E-state index contributed by atoms with van der Waals surface area (Å²) in [6, 6.07) is 3.00. The Labute approximate surface area is 165 Å². The summed E-state index contributed by atoms with van der Waals surface area (Å²) in [5, 5.41) is 20.8. The van der Waals surface area contributed by atoms with E-state index >= 15 is 0 Å². The maximum atomic E-state index is 12.8. The highest BCUT2D eigenvalue weighted by atomic mass is 32.1. The van der Waals surface area contributed by atoms with Crippen LogP contribution in [0, 0.1) is 5.41 Å². The molecule has 0 fully saturated rings. The molecule has 0 unspecified atom stereocenters. The fourth-order valence-electron chi connectivity index (χ4n) is 2.40. The molecule has 6 nitrogen and oxygen atoms in total. The number of carbonyl (C=O) groups is 1. The summed E-state index contributed by atoms with van der Waals surface area (Å²) in [4.78, 5) is 20.0. The maximum absolute atomic E-state index is 12.8. The first kappa shape index (κ1) is 21.8. The SMILES string of the molecule is CC(C)(O)C1=CC(=N)C(=NCCS)C=C1NC(=O)c1cccc(C(F)(F)F)n1. The molecule has 1 amide bonds. The molecule has 3 N–H and O–H groups in total. The zero-order valence-corrected chi connectivity index (χ0v) is 16.0. The summed E-state index contributed by atoms with van der Waals surface area (Å²) in [5.74, 6) is -0.433. The van der Waals surface area contributed by atoms with Gasteiger partial charge in [0.1, 0.15) is 11.4 Å². The Morgan fingerprint density at radius 3 is 2.57 bits per heavy atom. The van der Waals surface area contributed by atoms with E-state index in [1.807, 2.05) is 0 Å². The number of alkyl halides is 3. The first-order valence-corrected chi connectivity index (χ1v) is 8.83. The third kappa shape index (κ3) is 5.29. The average Bonchev–Trinajstić information content (AvgIpc) is 2.60. The number of thiol groups is 1. The average molecular weight is 412 g/mol. The van der Waals surface area contributed by atoms with Gasteiger partial charge in [0.25, 0.3) is 5.91 Å². The second-order valence-electron chi connectivity index (χ2n) is 6.44. The summed E-state index contributed by atoms with van der Waals surface area (Å²) in [5.41, 5.74) is -2.38. The van der Waals surface area contributed by atoms with Crippen LogP contribution in [0.1, 0.15) is 30.0 Å². The van der Waals surface area contributed by atoms with Gasteiger partial charge in [0, 0.05) is 23.6 Å². The minimum absolute atomic E-state index is 0.0362. The lowest BCUT2D eigenvalue weighted by atomic mass is 9.88. The van der Waals surface area contributed by atoms with E-state index in [0.29, 0.717) is 12.3 Å². The second kappa shape index (κ2) is 8.27. The van der Waals surface area contributed by atoms with Crippen LogP contribution in [0.15, 0.2) is 46.6 Å². The van der Waals surface area contributed by atoms with Crippen molar-refractivity contribution in [3.8, 4) is 0 Å². The van der Waals surface area contributed by atoms with Crippen LogP contribution in [-0.4, -0.2) is 45.3 Å². The molecule has 150 valence electrons. The molecule has 1 aromatic heterocycles. The molecule has 0 aromatic carbocycles. The number of pyridine rings is 1. The molecular formula is C18H19F3N4O2S. The van der Waals surface area contributed by atoms with Crippen LogP contribution in [0.25, 0.3) is 0 Å². The van der Waals surface area contributed by atoms with Crippen molar-refractivity contribution in [1.29, 1.82) is 5.41 Å². The third-order valence-electron chi connectivity index (χ3n) is 3.70. The fourth-order valence-corrected chi connectivity index (χ4v) is 2.50. The van der Waals surface area contributed by atoms with Crippen molar-refractivity contribution in [3.63, 3.8) is 0 Å². The number of carbonyl (C=O) groups excluding carboxylic acids is 1. The van der Waals surface area contributed by atoms with E-state index in [2.05, 4.69) is 27.9 Å². The van der Waals surface area contributed by atoms with E-state index in [0.717, 1.165) is 18.2 Å². The van der Waals surface area contributed by atoms with Gasteiger partial charge in [-0.2, -0.15) is 25.8 Å². The number of halogens is 3. The highest BCUT2D eigenvalue weighted by molar-refractivity contribution is 7.80. The molecule has 1 aromatic rings. The molecule has 2 rings (SSSR count). The zero-order chi connectivity index (χ0) is 21.1. The van der Waals surface area contributed by atoms with Crippen LogP contribution in [-0.2, 0) is 6.18 Å². The normalized spacial score (nSPS) is 16.7. The summed E-state index contributed by atoms with van der Waals surface area (Å²) in [7, 11) is 0. The number of aromatic nitrogens is 1. The molecule has 28 heavy (non-hydrogen) atoms. The van der Waals surface area contributed by atoms with Crippen molar-refractivity contribution in [2.45, 2.75) is 25.6 Å². The third-order valence-corrected chi connectivity index (χ3v) is 3.90. The quantitative estimate of drug-likeness (QED) is 0.442. The lowest BCUT2D eigenvalue weighted by Gasteiger charge is -2.27. The molecule has 1 aliphatic rings. The Morgan fingerprint density at radius 1 is 1.32 bits per heavy atom. The van der Waals surface area contributed by atoms with E-state index in [4.69, 9.17) is 5.41 Å². The number of hydrogen-bond acceptors (Lipinski definition) is 6. The van der Waals surface area contributed by atoms with Crippen molar-refractivity contribution >= 4 is 30.0 Å². The largest absolute Gasteiger partial charge is 0.433 e. The Hall–Kier alpha value is -2.46. The fraction of sp³-hybridized carbons (Fsp3) is 0.333. The van der Waals surface area contributed by atoms with Gasteiger partial charge in [-0.05, 0) is 38.1 Å². The molecular weight excluding hydrogens is 393 g/mol. The number of rotatable bonds is 5. The predicted octanol–water partition coefficient (Wildman–Crippen LogP) is 2.82. The summed E-state index contributed by atoms with van der Waals surface area (Å²) in [6.45, 7) is 3.26. The molecule has 1 heterocycles. The molecule has 0 saturated carbocycles. The smallest absolute Gasteiger partial charge is 0.386 e. The number of nitrogens with zero attached hydrogens (tertiary/aromatic N) is 2. The van der Waals surface area contributed by atoms with E-state index in [1.54, 1.807) is 0 Å². The van der Waals surface area contributed by atoms with Gasteiger partial charge in [0.15, 0.2) is 0 Å². The van der Waals surface area contributed by atoms with Crippen LogP contribution >= 0.6 is 12.6 Å². The first-order valence-electron chi connectivity index (χ1n) is 8.20. The first-order chi connectivity index (χ1) is 12.9. The Kier molecular flexibility index (Phi) is 6.45. The van der Waals surface area contributed by atoms with Gasteiger partial charge in [0.2, 0.25) is 0 Å². The van der Waals surface area contributed by atoms with E-state index in [-0.39, 0.29) is 22.7 Å². The Balaban J connectivity index is 2.38. The van der Waals surface area contributed by atoms with Gasteiger partial charge >= 0.3 is 6.18 Å². The van der Waals surface area contributed by atoms with Crippen LogP contribution in [0.4, 0.5) is 13.2 Å². The van der Waals surface area contributed by atoms with Crippen LogP contribution in [0.3, 0.4) is 0 Å². The molecule has 10 heteroatoms. The number of aliphatic hydroxyl groups is 1. The molecule has 1 aliphatic carbocycles. The van der Waals surface area contributed by atoms with Crippen molar-refractivity contribution in [2.24, 2.45) is 4.99 Å². The van der Waals surface area contributed by atoms with Crippen LogP contribution in [0.5, 0.6) is 0 Å².